The Morgan fingerprint density at radius 2 is 1.70 bits per heavy atom. The van der Waals surface area contributed by atoms with Gasteiger partial charge in [-0.1, -0.05) is 38.5 Å². The molecule has 1 unspecified atom stereocenters. The maximum atomic E-state index is 11.1. The van der Waals surface area contributed by atoms with Crippen molar-refractivity contribution in [2.75, 3.05) is 0 Å². The van der Waals surface area contributed by atoms with Crippen LogP contribution >= 0.6 is 20.6 Å². The molecule has 1 atom stereocenters. The maximum Gasteiger partial charge on any atom is 0.0937 e. The Morgan fingerprint density at radius 3 is 2.00 bits per heavy atom. The molecule has 62 valence electrons. The van der Waals surface area contributed by atoms with E-state index < -0.39 is 9.83 Å². The van der Waals surface area contributed by atoms with E-state index in [0.29, 0.717) is 5.25 Å². The highest BCUT2D eigenvalue weighted by molar-refractivity contribution is 9.05. The highest BCUT2D eigenvalue weighted by Crippen LogP contribution is 2.31. The van der Waals surface area contributed by atoms with Crippen molar-refractivity contribution in [3.8, 4) is 0 Å². The first-order chi connectivity index (χ1) is 4.54. The quantitative estimate of drug-likeness (QED) is 0.647. The van der Waals surface area contributed by atoms with Crippen molar-refractivity contribution in [1.29, 1.82) is 0 Å². The lowest BCUT2D eigenvalue weighted by atomic mass is 10.6. The minimum Gasteiger partial charge on any atom is -0.247 e. The van der Waals surface area contributed by atoms with Crippen LogP contribution < -0.4 is 0 Å². The fraction of sp³-hybridized carbons (Fsp3) is 1.00. The highest BCUT2D eigenvalue weighted by atomic mass is 33.5. The third kappa shape index (κ3) is 5.62. The molecule has 0 aromatic carbocycles. The molecule has 0 fully saturated rings. The van der Waals surface area contributed by atoms with E-state index in [1.165, 1.54) is 9.83 Å². The van der Waals surface area contributed by atoms with Gasteiger partial charge in [0.15, 0.2) is 0 Å². The molecular formula is C6H14OS3. The Morgan fingerprint density at radius 1 is 1.20 bits per heavy atom. The summed E-state index contributed by atoms with van der Waals surface area (Å²) in [4.78, 5) is 0. The second-order valence-electron chi connectivity index (χ2n) is 2.52. The summed E-state index contributed by atoms with van der Waals surface area (Å²) in [7, 11) is 2.45. The minimum atomic E-state index is -0.713. The Balaban J connectivity index is 3.40. The van der Waals surface area contributed by atoms with Gasteiger partial charge in [-0.3, -0.25) is 0 Å². The van der Waals surface area contributed by atoms with E-state index in [4.69, 9.17) is 0 Å². The Kier molecular flexibility index (Phi) is 5.96. The molecule has 0 spiro atoms. The molecule has 0 radical (unpaired) electrons. The first-order valence-electron chi connectivity index (χ1n) is 3.28. The van der Waals surface area contributed by atoms with Crippen LogP contribution in [0.15, 0.2) is 0 Å². The van der Waals surface area contributed by atoms with Crippen molar-refractivity contribution in [3.05, 3.63) is 0 Å². The standard InChI is InChI=1S/C6H14OS3/c1-5(2)8-9-10(7)6(3)4/h5-6H,1-4H3. The van der Waals surface area contributed by atoms with Gasteiger partial charge in [-0.25, -0.2) is 4.21 Å². The lowest BCUT2D eigenvalue weighted by Gasteiger charge is -2.04. The fourth-order valence-electron chi connectivity index (χ4n) is 0.196. The van der Waals surface area contributed by atoms with Crippen molar-refractivity contribution >= 4 is 30.5 Å². The van der Waals surface area contributed by atoms with Gasteiger partial charge in [0.25, 0.3) is 0 Å². The SMILES string of the molecule is CC(C)SSS(=O)C(C)C. The van der Waals surface area contributed by atoms with Crippen LogP contribution in [0.2, 0.25) is 0 Å². The van der Waals surface area contributed by atoms with Crippen molar-refractivity contribution in [2.24, 2.45) is 0 Å². The maximum absolute atomic E-state index is 11.1. The normalized spacial score (nSPS) is 14.6. The zero-order valence-electron chi connectivity index (χ0n) is 6.79. The molecule has 0 aromatic rings. The van der Waals surface area contributed by atoms with Crippen molar-refractivity contribution in [3.63, 3.8) is 0 Å². The van der Waals surface area contributed by atoms with Crippen LogP contribution in [0.25, 0.3) is 0 Å². The molecule has 0 bridgehead atoms. The van der Waals surface area contributed by atoms with Crippen LogP contribution in [-0.4, -0.2) is 14.7 Å². The smallest absolute Gasteiger partial charge is 0.0937 e. The molecule has 0 saturated heterocycles. The summed E-state index contributed by atoms with van der Waals surface area (Å²) >= 11 is 0. The molecule has 0 heterocycles. The third-order valence-electron chi connectivity index (χ3n) is 0.684. The second-order valence-corrected chi connectivity index (χ2v) is 8.45. The molecule has 0 N–H and O–H groups in total. The minimum absolute atomic E-state index is 0.274. The van der Waals surface area contributed by atoms with Gasteiger partial charge in [0.2, 0.25) is 0 Å². The van der Waals surface area contributed by atoms with Crippen LogP contribution in [0.5, 0.6) is 0 Å². The zero-order chi connectivity index (χ0) is 8.15. The highest BCUT2D eigenvalue weighted by Gasteiger charge is 2.06. The lowest BCUT2D eigenvalue weighted by Crippen LogP contribution is -1.99. The molecule has 0 aliphatic carbocycles. The Labute approximate surface area is 73.0 Å². The third-order valence-corrected chi connectivity index (χ3v) is 6.91. The van der Waals surface area contributed by atoms with Gasteiger partial charge in [0, 0.05) is 20.3 Å². The van der Waals surface area contributed by atoms with Crippen LogP contribution in [0, 0.1) is 0 Å². The van der Waals surface area contributed by atoms with E-state index in [9.17, 15) is 4.21 Å². The van der Waals surface area contributed by atoms with Crippen molar-refractivity contribution in [1.82, 2.24) is 0 Å². The average molecular weight is 198 g/mol. The summed E-state index contributed by atoms with van der Waals surface area (Å²) in [5, 5.41) is 0.837. The van der Waals surface area contributed by atoms with Crippen LogP contribution in [0.3, 0.4) is 0 Å². The van der Waals surface area contributed by atoms with Crippen molar-refractivity contribution < 1.29 is 4.21 Å². The molecule has 0 rings (SSSR count). The number of hydrogen-bond acceptors (Lipinski definition) is 3. The summed E-state index contributed by atoms with van der Waals surface area (Å²) in [6.07, 6.45) is 0. The fourth-order valence-corrected chi connectivity index (χ4v) is 5.29. The lowest BCUT2D eigenvalue weighted by molar-refractivity contribution is 0.686. The van der Waals surface area contributed by atoms with E-state index in [1.807, 2.05) is 13.8 Å². The van der Waals surface area contributed by atoms with Gasteiger partial charge >= 0.3 is 0 Å². The van der Waals surface area contributed by atoms with Crippen LogP contribution in [0.4, 0.5) is 0 Å². The molecule has 0 aromatic heterocycles. The largest absolute Gasteiger partial charge is 0.247 e. The van der Waals surface area contributed by atoms with E-state index >= 15 is 0 Å². The first kappa shape index (κ1) is 10.8. The van der Waals surface area contributed by atoms with E-state index in [2.05, 4.69) is 13.8 Å². The summed E-state index contributed by atoms with van der Waals surface area (Å²) < 4.78 is 11.1. The predicted molar refractivity (Wildman–Crippen MR) is 53.6 cm³/mol. The molecule has 0 aliphatic rings. The summed E-state index contributed by atoms with van der Waals surface area (Å²) in [6, 6.07) is 0. The predicted octanol–water partition coefficient (Wildman–Crippen LogP) is 2.85. The van der Waals surface area contributed by atoms with E-state index in [1.54, 1.807) is 10.8 Å². The summed E-state index contributed by atoms with van der Waals surface area (Å²) in [5.74, 6) is 0. The molecule has 0 aliphatic heterocycles. The van der Waals surface area contributed by atoms with E-state index in [0.717, 1.165) is 0 Å². The van der Waals surface area contributed by atoms with Gasteiger partial charge < -0.3 is 0 Å². The van der Waals surface area contributed by atoms with Crippen LogP contribution in [0.1, 0.15) is 27.7 Å². The molecule has 0 saturated carbocycles. The second kappa shape index (κ2) is 5.49. The molecule has 1 nitrogen and oxygen atoms in total. The first-order valence-corrected chi connectivity index (χ1v) is 7.22. The molecule has 10 heavy (non-hydrogen) atoms. The average Bonchev–Trinajstić information content (AvgIpc) is 1.82. The molecule has 4 heteroatoms. The number of rotatable bonds is 4. The van der Waals surface area contributed by atoms with Gasteiger partial charge in [-0.15, -0.1) is 0 Å². The number of hydrogen-bond donors (Lipinski definition) is 0. The molecular weight excluding hydrogens is 184 g/mol. The van der Waals surface area contributed by atoms with Crippen LogP contribution in [-0.2, 0) is 9.83 Å². The van der Waals surface area contributed by atoms with Gasteiger partial charge in [0.1, 0.15) is 0 Å². The van der Waals surface area contributed by atoms with E-state index in [-0.39, 0.29) is 5.25 Å². The van der Waals surface area contributed by atoms with Crippen molar-refractivity contribution in [2.45, 2.75) is 38.2 Å². The Hall–Kier alpha value is 0.850. The van der Waals surface area contributed by atoms with Gasteiger partial charge in [0.05, 0.1) is 9.83 Å². The molecule has 0 amide bonds. The topological polar surface area (TPSA) is 17.1 Å². The van der Waals surface area contributed by atoms with Gasteiger partial charge in [-0.05, 0) is 0 Å². The van der Waals surface area contributed by atoms with Gasteiger partial charge in [-0.2, -0.15) is 0 Å². The summed E-state index contributed by atoms with van der Waals surface area (Å²) in [5.41, 5.74) is 0. The summed E-state index contributed by atoms with van der Waals surface area (Å²) in [6.45, 7) is 8.17. The zero-order valence-corrected chi connectivity index (χ0v) is 9.24. The Bertz CT molecular complexity index is 112. The monoisotopic (exact) mass is 198 g/mol.